The van der Waals surface area contributed by atoms with Crippen LogP contribution >= 0.6 is 0 Å². The van der Waals surface area contributed by atoms with E-state index in [4.69, 9.17) is 15.0 Å². The number of nitrogens with zero attached hydrogens (tertiary/aromatic N) is 2. The molecule has 1 heterocycles. The van der Waals surface area contributed by atoms with Crippen molar-refractivity contribution in [1.82, 2.24) is 10.1 Å². The van der Waals surface area contributed by atoms with E-state index in [0.717, 1.165) is 0 Å². The number of hydrogen-bond acceptors (Lipinski definition) is 6. The molecule has 0 aliphatic rings. The molecule has 0 bridgehead atoms. The first-order chi connectivity index (χ1) is 6.48. The molecule has 1 atom stereocenters. The van der Waals surface area contributed by atoms with Crippen molar-refractivity contribution in [2.75, 3.05) is 6.61 Å². The van der Waals surface area contributed by atoms with Crippen LogP contribution in [0.2, 0.25) is 0 Å². The van der Waals surface area contributed by atoms with Crippen LogP contribution in [0.4, 0.5) is 0 Å². The summed E-state index contributed by atoms with van der Waals surface area (Å²) in [5.74, 6) is -0.0739. The summed E-state index contributed by atoms with van der Waals surface area (Å²) in [7, 11) is 0. The van der Waals surface area contributed by atoms with E-state index in [2.05, 4.69) is 10.1 Å². The Morgan fingerprint density at radius 2 is 2.36 bits per heavy atom. The molecule has 0 fully saturated rings. The third-order valence-electron chi connectivity index (χ3n) is 1.69. The van der Waals surface area contributed by atoms with Gasteiger partial charge < -0.3 is 15.0 Å². The summed E-state index contributed by atoms with van der Waals surface area (Å²) in [5.41, 5.74) is 4.37. The van der Waals surface area contributed by atoms with E-state index in [0.29, 0.717) is 5.89 Å². The highest BCUT2D eigenvalue weighted by atomic mass is 16.5. The molecule has 0 aliphatic heterocycles. The Labute approximate surface area is 81.4 Å². The zero-order valence-corrected chi connectivity index (χ0v) is 8.40. The number of rotatable bonds is 3. The Morgan fingerprint density at radius 1 is 1.71 bits per heavy atom. The number of nitrogens with two attached hydrogens (primary N) is 1. The fraction of sp³-hybridized carbons (Fsp3) is 0.625. The van der Waals surface area contributed by atoms with Gasteiger partial charge in [-0.1, -0.05) is 5.16 Å². The second-order valence-electron chi connectivity index (χ2n) is 3.06. The molecule has 1 aromatic heterocycles. The summed E-state index contributed by atoms with van der Waals surface area (Å²) >= 11 is 0. The van der Waals surface area contributed by atoms with Crippen molar-refractivity contribution in [2.45, 2.75) is 26.3 Å². The highest BCUT2D eigenvalue weighted by Crippen LogP contribution is 2.15. The van der Waals surface area contributed by atoms with Crippen molar-refractivity contribution >= 4 is 5.97 Å². The Hall–Kier alpha value is -1.43. The number of aryl methyl sites for hydroxylation is 1. The fourth-order valence-electron chi connectivity index (χ4n) is 0.882. The molecule has 0 amide bonds. The maximum absolute atomic E-state index is 11.4. The molecule has 0 saturated heterocycles. The Kier molecular flexibility index (Phi) is 2.85. The van der Waals surface area contributed by atoms with Gasteiger partial charge in [-0.2, -0.15) is 4.98 Å². The van der Waals surface area contributed by atoms with Gasteiger partial charge in [-0.05, 0) is 13.8 Å². The first-order valence-corrected chi connectivity index (χ1v) is 4.25. The number of aromatic nitrogens is 2. The minimum atomic E-state index is -1.35. The maximum Gasteiger partial charge on any atom is 0.333 e. The lowest BCUT2D eigenvalue weighted by Gasteiger charge is -2.17. The van der Waals surface area contributed by atoms with Crippen LogP contribution in [-0.2, 0) is 15.1 Å². The zero-order valence-electron chi connectivity index (χ0n) is 8.40. The van der Waals surface area contributed by atoms with Crippen LogP contribution in [0.3, 0.4) is 0 Å². The second kappa shape index (κ2) is 3.75. The predicted molar refractivity (Wildman–Crippen MR) is 47.2 cm³/mol. The average molecular weight is 199 g/mol. The van der Waals surface area contributed by atoms with Crippen LogP contribution in [-0.4, -0.2) is 22.7 Å². The summed E-state index contributed by atoms with van der Waals surface area (Å²) in [5, 5.41) is 3.58. The molecule has 6 nitrogen and oxygen atoms in total. The van der Waals surface area contributed by atoms with E-state index in [1.54, 1.807) is 13.8 Å². The molecule has 0 aromatic carbocycles. The molecule has 0 spiro atoms. The number of carbonyl (C=O) groups is 1. The van der Waals surface area contributed by atoms with Crippen molar-refractivity contribution in [3.63, 3.8) is 0 Å². The van der Waals surface area contributed by atoms with E-state index < -0.39 is 11.5 Å². The Balaban J connectivity index is 2.89. The van der Waals surface area contributed by atoms with Gasteiger partial charge in [0.2, 0.25) is 11.7 Å². The Bertz CT molecular complexity index is 332. The van der Waals surface area contributed by atoms with Gasteiger partial charge in [0.05, 0.1) is 6.61 Å². The molecule has 0 aliphatic carbocycles. The van der Waals surface area contributed by atoms with E-state index in [9.17, 15) is 4.79 Å². The molecule has 2 N–H and O–H groups in total. The van der Waals surface area contributed by atoms with Gasteiger partial charge in [-0.3, -0.25) is 0 Å². The summed E-state index contributed by atoms with van der Waals surface area (Å²) in [6.07, 6.45) is 0. The number of hydrogen-bond donors (Lipinski definition) is 1. The molecule has 1 rings (SSSR count). The fourth-order valence-corrected chi connectivity index (χ4v) is 0.882. The van der Waals surface area contributed by atoms with E-state index >= 15 is 0 Å². The third-order valence-corrected chi connectivity index (χ3v) is 1.69. The minimum absolute atomic E-state index is 0.133. The van der Waals surface area contributed by atoms with Crippen molar-refractivity contribution in [2.24, 2.45) is 5.73 Å². The van der Waals surface area contributed by atoms with Gasteiger partial charge in [0.1, 0.15) is 0 Å². The van der Waals surface area contributed by atoms with Crippen LogP contribution in [0.5, 0.6) is 0 Å². The summed E-state index contributed by atoms with van der Waals surface area (Å²) in [6.45, 7) is 5.07. The van der Waals surface area contributed by atoms with Crippen molar-refractivity contribution < 1.29 is 14.1 Å². The number of esters is 1. The van der Waals surface area contributed by atoms with Crippen molar-refractivity contribution in [3.05, 3.63) is 11.7 Å². The summed E-state index contributed by atoms with van der Waals surface area (Å²) in [4.78, 5) is 15.3. The van der Waals surface area contributed by atoms with E-state index in [1.165, 1.54) is 6.92 Å². The molecule has 0 radical (unpaired) electrons. The van der Waals surface area contributed by atoms with Gasteiger partial charge in [0, 0.05) is 6.92 Å². The normalized spacial score (nSPS) is 14.9. The van der Waals surface area contributed by atoms with Crippen molar-refractivity contribution in [3.8, 4) is 0 Å². The topological polar surface area (TPSA) is 91.2 Å². The quantitative estimate of drug-likeness (QED) is 0.695. The lowest BCUT2D eigenvalue weighted by molar-refractivity contribution is -0.149. The predicted octanol–water partition coefficient (Wildman–Crippen LogP) is 0.115. The van der Waals surface area contributed by atoms with Gasteiger partial charge in [-0.15, -0.1) is 0 Å². The summed E-state index contributed by atoms with van der Waals surface area (Å²) < 4.78 is 9.51. The lowest BCUT2D eigenvalue weighted by atomic mass is 10.0. The van der Waals surface area contributed by atoms with Gasteiger partial charge in [0.15, 0.2) is 5.54 Å². The molecule has 0 unspecified atom stereocenters. The molecular weight excluding hydrogens is 186 g/mol. The van der Waals surface area contributed by atoms with Gasteiger partial charge in [-0.25, -0.2) is 4.79 Å². The third kappa shape index (κ3) is 1.90. The smallest absolute Gasteiger partial charge is 0.333 e. The highest BCUT2D eigenvalue weighted by Gasteiger charge is 2.37. The molecule has 6 heteroatoms. The average Bonchev–Trinajstić information content (AvgIpc) is 2.52. The van der Waals surface area contributed by atoms with Crippen LogP contribution in [0.1, 0.15) is 25.6 Å². The van der Waals surface area contributed by atoms with Gasteiger partial charge in [0.25, 0.3) is 0 Å². The Morgan fingerprint density at radius 3 is 2.79 bits per heavy atom. The summed E-state index contributed by atoms with van der Waals surface area (Å²) in [6, 6.07) is 0. The van der Waals surface area contributed by atoms with Crippen LogP contribution in [0, 0.1) is 6.92 Å². The molecule has 0 saturated carbocycles. The lowest BCUT2D eigenvalue weighted by Crippen LogP contribution is -2.44. The second-order valence-corrected chi connectivity index (χ2v) is 3.06. The first kappa shape index (κ1) is 10.6. The van der Waals surface area contributed by atoms with Crippen LogP contribution < -0.4 is 5.73 Å². The van der Waals surface area contributed by atoms with Crippen molar-refractivity contribution in [1.29, 1.82) is 0 Å². The molecule has 78 valence electrons. The largest absolute Gasteiger partial charge is 0.464 e. The minimum Gasteiger partial charge on any atom is -0.464 e. The highest BCUT2D eigenvalue weighted by molar-refractivity contribution is 5.80. The van der Waals surface area contributed by atoms with Gasteiger partial charge >= 0.3 is 5.97 Å². The molecular formula is C8H13N3O3. The monoisotopic (exact) mass is 199 g/mol. The maximum atomic E-state index is 11.4. The zero-order chi connectivity index (χ0) is 10.8. The number of carbonyl (C=O) groups excluding carboxylic acids is 1. The SMILES string of the molecule is CCOC(=O)[C@@](C)(N)c1noc(C)n1. The van der Waals surface area contributed by atoms with Crippen LogP contribution in [0.15, 0.2) is 4.52 Å². The number of ether oxygens (including phenoxy) is 1. The van der Waals surface area contributed by atoms with E-state index in [-0.39, 0.29) is 12.4 Å². The molecule has 1 aromatic rings. The first-order valence-electron chi connectivity index (χ1n) is 4.25. The van der Waals surface area contributed by atoms with Crippen LogP contribution in [0.25, 0.3) is 0 Å². The molecule has 14 heavy (non-hydrogen) atoms. The standard InChI is InChI=1S/C8H13N3O3/c1-4-13-7(12)8(3,9)6-10-5(2)14-11-6/h4,9H2,1-3H3/t8-/m0/s1. The van der Waals surface area contributed by atoms with E-state index in [1.807, 2.05) is 0 Å².